The summed E-state index contributed by atoms with van der Waals surface area (Å²) in [5.74, 6) is 1.40. The highest BCUT2D eigenvalue weighted by molar-refractivity contribution is 5.92. The number of methoxy groups -OCH3 is 1. The van der Waals surface area contributed by atoms with Crippen molar-refractivity contribution in [3.8, 4) is 11.5 Å². The van der Waals surface area contributed by atoms with Crippen LogP contribution in [0.2, 0.25) is 0 Å². The summed E-state index contributed by atoms with van der Waals surface area (Å²) in [7, 11) is 3.46. The maximum absolute atomic E-state index is 12.2. The van der Waals surface area contributed by atoms with Gasteiger partial charge in [0.2, 0.25) is 5.91 Å². The zero-order chi connectivity index (χ0) is 15.9. The van der Waals surface area contributed by atoms with Crippen molar-refractivity contribution >= 4 is 12.0 Å². The normalized spacial score (nSPS) is 17.7. The molecule has 0 saturated carbocycles. The number of rotatable bonds is 6. The van der Waals surface area contributed by atoms with Crippen LogP contribution in [0.1, 0.15) is 18.9 Å². The topological polar surface area (TPSA) is 50.8 Å². The maximum Gasteiger partial charge on any atom is 0.246 e. The molecular formula is C17H24N2O3. The molecule has 1 saturated heterocycles. The Bertz CT molecular complexity index is 537. The summed E-state index contributed by atoms with van der Waals surface area (Å²) in [5.41, 5.74) is 0.909. The van der Waals surface area contributed by atoms with Crippen LogP contribution in [0.4, 0.5) is 0 Å². The summed E-state index contributed by atoms with van der Waals surface area (Å²) in [6, 6.07) is 5.92. The van der Waals surface area contributed by atoms with E-state index in [0.29, 0.717) is 18.1 Å². The Morgan fingerprint density at radius 1 is 1.45 bits per heavy atom. The van der Waals surface area contributed by atoms with Crippen molar-refractivity contribution in [2.75, 3.05) is 33.9 Å². The average Bonchev–Trinajstić information content (AvgIpc) is 3.07. The molecule has 0 spiro atoms. The molecular weight excluding hydrogens is 280 g/mol. The van der Waals surface area contributed by atoms with E-state index in [0.717, 1.165) is 25.1 Å². The molecule has 1 aliphatic rings. The highest BCUT2D eigenvalue weighted by Gasteiger charge is 2.21. The Hall–Kier alpha value is -2.01. The number of amides is 1. The van der Waals surface area contributed by atoms with Crippen LogP contribution in [0, 0.1) is 0 Å². The molecule has 0 aromatic heterocycles. The van der Waals surface area contributed by atoms with Gasteiger partial charge in [-0.15, -0.1) is 0 Å². The first kappa shape index (κ1) is 16.4. The van der Waals surface area contributed by atoms with Gasteiger partial charge < -0.3 is 19.7 Å². The van der Waals surface area contributed by atoms with E-state index in [4.69, 9.17) is 9.47 Å². The summed E-state index contributed by atoms with van der Waals surface area (Å²) < 4.78 is 10.8. The summed E-state index contributed by atoms with van der Waals surface area (Å²) in [6.45, 7) is 4.36. The number of ether oxygens (including phenoxy) is 2. The van der Waals surface area contributed by atoms with Crippen LogP contribution in [-0.2, 0) is 4.79 Å². The van der Waals surface area contributed by atoms with Gasteiger partial charge in [-0.2, -0.15) is 0 Å². The third-order valence-electron chi connectivity index (χ3n) is 3.84. The lowest BCUT2D eigenvalue weighted by atomic mass is 10.1. The summed E-state index contributed by atoms with van der Waals surface area (Å²) in [4.78, 5) is 14.0. The van der Waals surface area contributed by atoms with Crippen LogP contribution in [0.15, 0.2) is 24.3 Å². The van der Waals surface area contributed by atoms with E-state index < -0.39 is 0 Å². The molecule has 1 amide bonds. The minimum Gasteiger partial charge on any atom is -0.493 e. The molecule has 1 N–H and O–H groups in total. The van der Waals surface area contributed by atoms with Gasteiger partial charge in [-0.1, -0.05) is 6.07 Å². The molecule has 5 heteroatoms. The van der Waals surface area contributed by atoms with Crippen molar-refractivity contribution in [2.45, 2.75) is 19.4 Å². The van der Waals surface area contributed by atoms with E-state index in [1.54, 1.807) is 24.2 Å². The number of benzene rings is 1. The molecule has 1 aromatic carbocycles. The van der Waals surface area contributed by atoms with Gasteiger partial charge in [0, 0.05) is 25.7 Å². The number of hydrogen-bond acceptors (Lipinski definition) is 4. The smallest absolute Gasteiger partial charge is 0.246 e. The number of nitrogens with zero attached hydrogens (tertiary/aromatic N) is 1. The first-order chi connectivity index (χ1) is 10.7. The van der Waals surface area contributed by atoms with E-state index in [9.17, 15) is 4.79 Å². The van der Waals surface area contributed by atoms with Crippen LogP contribution < -0.4 is 14.8 Å². The van der Waals surface area contributed by atoms with Crippen molar-refractivity contribution in [1.29, 1.82) is 0 Å². The first-order valence-corrected chi connectivity index (χ1v) is 7.62. The van der Waals surface area contributed by atoms with Gasteiger partial charge in [0.15, 0.2) is 11.5 Å². The Morgan fingerprint density at radius 3 is 2.91 bits per heavy atom. The molecule has 5 nitrogen and oxygen atoms in total. The molecule has 1 unspecified atom stereocenters. The second-order valence-corrected chi connectivity index (χ2v) is 5.27. The van der Waals surface area contributed by atoms with E-state index in [1.165, 1.54) is 0 Å². The molecule has 120 valence electrons. The van der Waals surface area contributed by atoms with Gasteiger partial charge in [0.1, 0.15) is 0 Å². The summed E-state index contributed by atoms with van der Waals surface area (Å²) >= 11 is 0. The molecule has 22 heavy (non-hydrogen) atoms. The Kier molecular flexibility index (Phi) is 5.83. The van der Waals surface area contributed by atoms with Gasteiger partial charge >= 0.3 is 0 Å². The van der Waals surface area contributed by atoms with Gasteiger partial charge in [0.25, 0.3) is 0 Å². The zero-order valence-corrected chi connectivity index (χ0v) is 13.5. The molecule has 0 radical (unpaired) electrons. The molecule has 1 heterocycles. The lowest BCUT2D eigenvalue weighted by Gasteiger charge is -2.22. The van der Waals surface area contributed by atoms with Crippen LogP contribution in [0.3, 0.4) is 0 Å². The van der Waals surface area contributed by atoms with Gasteiger partial charge in [0.05, 0.1) is 13.7 Å². The van der Waals surface area contributed by atoms with Crippen molar-refractivity contribution in [3.05, 3.63) is 29.8 Å². The highest BCUT2D eigenvalue weighted by Crippen LogP contribution is 2.28. The van der Waals surface area contributed by atoms with Crippen LogP contribution >= 0.6 is 0 Å². The lowest BCUT2D eigenvalue weighted by Crippen LogP contribution is -2.37. The molecule has 2 rings (SSSR count). The third kappa shape index (κ3) is 4.01. The fourth-order valence-electron chi connectivity index (χ4n) is 2.50. The third-order valence-corrected chi connectivity index (χ3v) is 3.84. The Balaban J connectivity index is 2.04. The summed E-state index contributed by atoms with van der Waals surface area (Å²) in [5, 5.41) is 3.27. The fraction of sp³-hybridized carbons (Fsp3) is 0.471. The van der Waals surface area contributed by atoms with Gasteiger partial charge in [-0.3, -0.25) is 4.79 Å². The number of carbonyl (C=O) groups is 1. The average molecular weight is 304 g/mol. The predicted molar refractivity (Wildman–Crippen MR) is 87.2 cm³/mol. The first-order valence-electron chi connectivity index (χ1n) is 7.62. The summed E-state index contributed by atoms with van der Waals surface area (Å²) in [6.07, 6.45) is 4.42. The Morgan fingerprint density at radius 2 is 2.27 bits per heavy atom. The van der Waals surface area contributed by atoms with Crippen molar-refractivity contribution in [3.63, 3.8) is 0 Å². The maximum atomic E-state index is 12.2. The Labute approximate surface area is 131 Å². The number of likely N-dealkylation sites (N-methyl/N-ethyl adjacent to an activating group) is 1. The van der Waals surface area contributed by atoms with Gasteiger partial charge in [-0.05, 0) is 43.7 Å². The predicted octanol–water partition coefficient (Wildman–Crippen LogP) is 1.93. The van der Waals surface area contributed by atoms with E-state index >= 15 is 0 Å². The second-order valence-electron chi connectivity index (χ2n) is 5.27. The number of carbonyl (C=O) groups excluding carboxylic acids is 1. The van der Waals surface area contributed by atoms with Crippen LogP contribution in [0.5, 0.6) is 11.5 Å². The quantitative estimate of drug-likeness (QED) is 0.816. The van der Waals surface area contributed by atoms with Gasteiger partial charge in [-0.25, -0.2) is 0 Å². The standard InChI is InChI=1S/C17H24N2O3/c1-4-22-15-7-5-13(11-16(15)21-3)6-8-17(20)19(2)14-9-10-18-12-14/h5-8,11,14,18H,4,9-10,12H2,1-3H3/b8-6+. The molecule has 1 aliphatic heterocycles. The SMILES string of the molecule is CCOc1ccc(/C=C/C(=O)N(C)C2CCNC2)cc1OC. The molecule has 0 aliphatic carbocycles. The van der Waals surface area contributed by atoms with Crippen molar-refractivity contribution in [2.24, 2.45) is 0 Å². The van der Waals surface area contributed by atoms with Crippen LogP contribution in [-0.4, -0.2) is 50.7 Å². The second kappa shape index (κ2) is 7.84. The highest BCUT2D eigenvalue weighted by atomic mass is 16.5. The van der Waals surface area contributed by atoms with Crippen molar-refractivity contribution in [1.82, 2.24) is 10.2 Å². The number of hydrogen-bond donors (Lipinski definition) is 1. The molecule has 1 atom stereocenters. The van der Waals surface area contributed by atoms with Crippen LogP contribution in [0.25, 0.3) is 6.08 Å². The molecule has 1 aromatic rings. The minimum atomic E-state index is 0.0153. The molecule has 1 fully saturated rings. The fourth-order valence-corrected chi connectivity index (χ4v) is 2.50. The molecule has 0 bridgehead atoms. The van der Waals surface area contributed by atoms with Crippen molar-refractivity contribution < 1.29 is 14.3 Å². The lowest BCUT2D eigenvalue weighted by molar-refractivity contribution is -0.126. The number of nitrogens with one attached hydrogen (secondary N) is 1. The monoisotopic (exact) mass is 304 g/mol. The minimum absolute atomic E-state index is 0.0153. The van der Waals surface area contributed by atoms with E-state index in [1.807, 2.05) is 32.2 Å². The van der Waals surface area contributed by atoms with E-state index in [-0.39, 0.29) is 11.9 Å². The zero-order valence-electron chi connectivity index (χ0n) is 13.5. The largest absolute Gasteiger partial charge is 0.493 e. The van der Waals surface area contributed by atoms with E-state index in [2.05, 4.69) is 5.32 Å².